The van der Waals surface area contributed by atoms with E-state index in [-0.39, 0.29) is 12.0 Å². The number of aromatic nitrogens is 2. The highest BCUT2D eigenvalue weighted by Gasteiger charge is 2.31. The maximum Gasteiger partial charge on any atom is 0.234 e. The van der Waals surface area contributed by atoms with Gasteiger partial charge in [-0.05, 0) is 12.1 Å². The van der Waals surface area contributed by atoms with Crippen LogP contribution in [0.25, 0.3) is 11.4 Å². The zero-order valence-electron chi connectivity index (χ0n) is 10.6. The summed E-state index contributed by atoms with van der Waals surface area (Å²) in [4.78, 5) is 4.40. The highest BCUT2D eigenvalue weighted by atomic mass is 16.5. The van der Waals surface area contributed by atoms with E-state index in [4.69, 9.17) is 19.7 Å². The molecule has 1 aliphatic heterocycles. The van der Waals surface area contributed by atoms with Crippen molar-refractivity contribution in [3.8, 4) is 17.1 Å². The molecule has 0 aliphatic carbocycles. The summed E-state index contributed by atoms with van der Waals surface area (Å²) in [5, 5.41) is 4.00. The van der Waals surface area contributed by atoms with Crippen molar-refractivity contribution in [3.05, 3.63) is 30.2 Å². The van der Waals surface area contributed by atoms with Gasteiger partial charge in [0.15, 0.2) is 0 Å². The van der Waals surface area contributed by atoms with Gasteiger partial charge in [-0.3, -0.25) is 0 Å². The summed E-state index contributed by atoms with van der Waals surface area (Å²) < 4.78 is 15.9. The van der Waals surface area contributed by atoms with Gasteiger partial charge in [-0.15, -0.1) is 0 Å². The molecule has 19 heavy (non-hydrogen) atoms. The molecule has 6 heteroatoms. The first-order chi connectivity index (χ1) is 9.29. The van der Waals surface area contributed by atoms with Gasteiger partial charge in [0, 0.05) is 6.04 Å². The van der Waals surface area contributed by atoms with Crippen molar-refractivity contribution in [2.45, 2.75) is 12.0 Å². The second-order valence-corrected chi connectivity index (χ2v) is 4.46. The average Bonchev–Trinajstić information content (AvgIpc) is 3.07. The normalized spacial score (nSPS) is 22.6. The quantitative estimate of drug-likeness (QED) is 0.893. The van der Waals surface area contributed by atoms with E-state index in [9.17, 15) is 0 Å². The molecule has 2 atom stereocenters. The fraction of sp³-hybridized carbons (Fsp3) is 0.385. The first kappa shape index (κ1) is 12.1. The fourth-order valence-electron chi connectivity index (χ4n) is 2.15. The lowest BCUT2D eigenvalue weighted by Crippen LogP contribution is -2.26. The number of rotatable bonds is 3. The summed E-state index contributed by atoms with van der Waals surface area (Å²) in [6.07, 6.45) is 0. The molecular weight excluding hydrogens is 246 g/mol. The van der Waals surface area contributed by atoms with Crippen molar-refractivity contribution in [3.63, 3.8) is 0 Å². The Balaban J connectivity index is 1.92. The molecule has 1 fully saturated rings. The molecule has 1 aliphatic rings. The minimum Gasteiger partial charge on any atom is -0.496 e. The number of para-hydroxylation sites is 1. The second-order valence-electron chi connectivity index (χ2n) is 4.46. The monoisotopic (exact) mass is 261 g/mol. The van der Waals surface area contributed by atoms with Gasteiger partial charge in [-0.25, -0.2) is 0 Å². The Morgan fingerprint density at radius 3 is 2.89 bits per heavy atom. The molecule has 0 spiro atoms. The molecule has 6 nitrogen and oxygen atoms in total. The third-order valence-electron chi connectivity index (χ3n) is 3.23. The summed E-state index contributed by atoms with van der Waals surface area (Å²) in [6, 6.07) is 7.45. The van der Waals surface area contributed by atoms with Crippen molar-refractivity contribution in [2.24, 2.45) is 5.73 Å². The van der Waals surface area contributed by atoms with Gasteiger partial charge in [0.2, 0.25) is 11.7 Å². The van der Waals surface area contributed by atoms with Crippen LogP contribution in [-0.2, 0) is 4.74 Å². The van der Waals surface area contributed by atoms with Gasteiger partial charge in [-0.2, -0.15) is 4.98 Å². The molecule has 100 valence electrons. The highest BCUT2D eigenvalue weighted by molar-refractivity contribution is 5.63. The summed E-state index contributed by atoms with van der Waals surface area (Å²) in [5.74, 6) is 1.70. The minimum atomic E-state index is -0.0917. The lowest BCUT2D eigenvalue weighted by molar-refractivity contribution is 0.187. The number of nitrogens with two attached hydrogens (primary N) is 1. The van der Waals surface area contributed by atoms with E-state index in [0.717, 1.165) is 5.56 Å². The number of methoxy groups -OCH3 is 1. The Labute approximate surface area is 110 Å². The fourth-order valence-corrected chi connectivity index (χ4v) is 2.15. The lowest BCUT2D eigenvalue weighted by Gasteiger charge is -2.06. The number of benzene rings is 1. The first-order valence-electron chi connectivity index (χ1n) is 6.10. The van der Waals surface area contributed by atoms with E-state index in [0.29, 0.717) is 30.7 Å². The molecule has 1 aromatic carbocycles. The molecule has 1 aromatic heterocycles. The van der Waals surface area contributed by atoms with Crippen LogP contribution in [0.1, 0.15) is 11.8 Å². The van der Waals surface area contributed by atoms with E-state index in [1.54, 1.807) is 7.11 Å². The van der Waals surface area contributed by atoms with Gasteiger partial charge in [0.25, 0.3) is 0 Å². The Kier molecular flexibility index (Phi) is 3.18. The predicted octanol–water partition coefficient (Wildman–Crippen LogP) is 1.19. The second kappa shape index (κ2) is 4.99. The van der Waals surface area contributed by atoms with Gasteiger partial charge >= 0.3 is 0 Å². The van der Waals surface area contributed by atoms with E-state index >= 15 is 0 Å². The molecule has 0 saturated carbocycles. The van der Waals surface area contributed by atoms with Gasteiger partial charge in [-0.1, -0.05) is 17.3 Å². The van der Waals surface area contributed by atoms with Crippen molar-refractivity contribution in [1.29, 1.82) is 0 Å². The summed E-state index contributed by atoms with van der Waals surface area (Å²) in [6.45, 7) is 1.05. The van der Waals surface area contributed by atoms with Crippen molar-refractivity contribution >= 4 is 0 Å². The Hall–Kier alpha value is -1.92. The highest BCUT2D eigenvalue weighted by Crippen LogP contribution is 2.30. The molecule has 3 rings (SSSR count). The topological polar surface area (TPSA) is 83.4 Å². The van der Waals surface area contributed by atoms with Crippen molar-refractivity contribution in [2.75, 3.05) is 20.3 Å². The van der Waals surface area contributed by atoms with Crippen LogP contribution in [0.5, 0.6) is 5.75 Å². The van der Waals surface area contributed by atoms with Crippen LogP contribution in [-0.4, -0.2) is 36.5 Å². The van der Waals surface area contributed by atoms with E-state index in [2.05, 4.69) is 10.1 Å². The molecule has 1 saturated heterocycles. The number of hydrogen-bond donors (Lipinski definition) is 1. The minimum absolute atomic E-state index is 0.0315. The maximum absolute atomic E-state index is 5.94. The number of ether oxygens (including phenoxy) is 2. The molecule has 2 N–H and O–H groups in total. The standard InChI is InChI=1S/C13H15N3O3/c1-17-11-5-3-2-4-8(11)12-15-13(19-16-12)9-6-18-7-10(9)14/h2-5,9-10H,6-7,14H2,1H3. The average molecular weight is 261 g/mol. The Morgan fingerprint density at radius 2 is 2.16 bits per heavy atom. The molecular formula is C13H15N3O3. The smallest absolute Gasteiger partial charge is 0.234 e. The SMILES string of the molecule is COc1ccccc1-c1noc(C2COCC2N)n1. The molecule has 0 radical (unpaired) electrons. The molecule has 2 unspecified atom stereocenters. The first-order valence-corrected chi connectivity index (χ1v) is 6.10. The summed E-state index contributed by atoms with van der Waals surface area (Å²) in [5.41, 5.74) is 6.74. The van der Waals surface area contributed by atoms with Crippen LogP contribution < -0.4 is 10.5 Å². The third kappa shape index (κ3) is 2.20. The molecule has 2 heterocycles. The number of hydrogen-bond acceptors (Lipinski definition) is 6. The maximum atomic E-state index is 5.94. The largest absolute Gasteiger partial charge is 0.496 e. The van der Waals surface area contributed by atoms with Crippen LogP contribution in [0.3, 0.4) is 0 Å². The van der Waals surface area contributed by atoms with Crippen LogP contribution in [0.2, 0.25) is 0 Å². The van der Waals surface area contributed by atoms with Crippen molar-refractivity contribution in [1.82, 2.24) is 10.1 Å². The van der Waals surface area contributed by atoms with Crippen molar-refractivity contribution < 1.29 is 14.0 Å². The summed E-state index contributed by atoms with van der Waals surface area (Å²) >= 11 is 0. The van der Waals surface area contributed by atoms with E-state index in [1.807, 2.05) is 24.3 Å². The van der Waals surface area contributed by atoms with Crippen LogP contribution in [0, 0.1) is 0 Å². The summed E-state index contributed by atoms with van der Waals surface area (Å²) in [7, 11) is 1.61. The Bertz CT molecular complexity index is 570. The zero-order chi connectivity index (χ0) is 13.2. The van der Waals surface area contributed by atoms with E-state index < -0.39 is 0 Å². The third-order valence-corrected chi connectivity index (χ3v) is 3.23. The van der Waals surface area contributed by atoms with Gasteiger partial charge < -0.3 is 19.7 Å². The molecule has 0 bridgehead atoms. The van der Waals surface area contributed by atoms with Gasteiger partial charge in [0.05, 0.1) is 31.8 Å². The lowest BCUT2D eigenvalue weighted by atomic mass is 10.1. The molecule has 2 aromatic rings. The Morgan fingerprint density at radius 1 is 1.32 bits per heavy atom. The molecule has 0 amide bonds. The van der Waals surface area contributed by atoms with Gasteiger partial charge in [0.1, 0.15) is 5.75 Å². The van der Waals surface area contributed by atoms with E-state index in [1.165, 1.54) is 0 Å². The number of nitrogens with zero attached hydrogens (tertiary/aromatic N) is 2. The zero-order valence-corrected chi connectivity index (χ0v) is 10.6. The predicted molar refractivity (Wildman–Crippen MR) is 67.8 cm³/mol. The van der Waals surface area contributed by atoms with Crippen LogP contribution in [0.4, 0.5) is 0 Å². The van der Waals surface area contributed by atoms with Crippen LogP contribution >= 0.6 is 0 Å². The van der Waals surface area contributed by atoms with Crippen LogP contribution in [0.15, 0.2) is 28.8 Å².